The molecule has 0 N–H and O–H groups in total. The number of benzene rings is 1. The van der Waals surface area contributed by atoms with Crippen LogP contribution in [0.25, 0.3) is 0 Å². The zero-order chi connectivity index (χ0) is 20.4. The molecular weight excluding hydrogens is 380 g/mol. The summed E-state index contributed by atoms with van der Waals surface area (Å²) >= 11 is 0. The second kappa shape index (κ2) is 7.81. The molecule has 1 aliphatic heterocycles. The summed E-state index contributed by atoms with van der Waals surface area (Å²) in [5, 5.41) is 11.2. The third-order valence-corrected chi connectivity index (χ3v) is 4.62. The molecule has 0 bridgehead atoms. The summed E-state index contributed by atoms with van der Waals surface area (Å²) in [5.74, 6) is -1.39. The molecule has 0 spiro atoms. The van der Waals surface area contributed by atoms with E-state index < -0.39 is 36.2 Å². The first-order valence-electron chi connectivity index (χ1n) is 8.26. The topological polar surface area (TPSA) is 49.6 Å². The van der Waals surface area contributed by atoms with Crippen molar-refractivity contribution >= 4 is 17.1 Å². The van der Waals surface area contributed by atoms with E-state index in [4.69, 9.17) is 0 Å². The van der Waals surface area contributed by atoms with Crippen LogP contribution in [0, 0.1) is 16.0 Å². The Hall–Kier alpha value is -2.20. The molecule has 0 saturated carbocycles. The van der Waals surface area contributed by atoms with Crippen LogP contribution in [0.2, 0.25) is 0 Å². The van der Waals surface area contributed by atoms with Gasteiger partial charge < -0.3 is 9.80 Å². The lowest BCUT2D eigenvalue weighted by Gasteiger charge is -2.34. The number of anilines is 2. The number of rotatable bonds is 5. The van der Waals surface area contributed by atoms with Gasteiger partial charge in [-0.1, -0.05) is 0 Å². The van der Waals surface area contributed by atoms with E-state index in [0.29, 0.717) is 5.69 Å². The predicted octanol–water partition coefficient (Wildman–Crippen LogP) is 4.76. The SMILES string of the molecule is CN(CCC(F)(F)F)c1cc(N2CCC(C(F)(F)F)CC2)ccc1[N+](=O)[O-]. The maximum Gasteiger partial charge on any atom is 0.391 e. The molecule has 1 fully saturated rings. The van der Waals surface area contributed by atoms with E-state index in [1.165, 1.54) is 25.2 Å². The highest BCUT2D eigenvalue weighted by molar-refractivity contribution is 5.70. The van der Waals surface area contributed by atoms with Gasteiger partial charge in [-0.25, -0.2) is 0 Å². The summed E-state index contributed by atoms with van der Waals surface area (Å²) in [6.45, 7) is -0.231. The quantitative estimate of drug-likeness (QED) is 0.407. The van der Waals surface area contributed by atoms with Crippen molar-refractivity contribution in [2.45, 2.75) is 31.6 Å². The largest absolute Gasteiger partial charge is 0.391 e. The average molecular weight is 399 g/mol. The fraction of sp³-hybridized carbons (Fsp3) is 0.625. The predicted molar refractivity (Wildman–Crippen MR) is 88.0 cm³/mol. The molecule has 1 aromatic rings. The van der Waals surface area contributed by atoms with Gasteiger partial charge in [-0.2, -0.15) is 26.3 Å². The molecule has 1 heterocycles. The summed E-state index contributed by atoms with van der Waals surface area (Å²) in [6, 6.07) is 3.94. The van der Waals surface area contributed by atoms with Gasteiger partial charge in [0.2, 0.25) is 0 Å². The van der Waals surface area contributed by atoms with Gasteiger partial charge in [0.05, 0.1) is 17.3 Å². The van der Waals surface area contributed by atoms with E-state index in [9.17, 15) is 36.5 Å². The van der Waals surface area contributed by atoms with E-state index in [0.717, 1.165) is 4.90 Å². The van der Waals surface area contributed by atoms with Crippen LogP contribution in [0.4, 0.5) is 43.4 Å². The molecule has 27 heavy (non-hydrogen) atoms. The van der Waals surface area contributed by atoms with Crippen LogP contribution in [-0.4, -0.2) is 44.0 Å². The van der Waals surface area contributed by atoms with Crippen molar-refractivity contribution < 1.29 is 31.3 Å². The fourth-order valence-corrected chi connectivity index (χ4v) is 3.05. The zero-order valence-electron chi connectivity index (χ0n) is 14.5. The Bertz CT molecular complexity index is 669. The normalized spacial score (nSPS) is 16.5. The summed E-state index contributed by atoms with van der Waals surface area (Å²) in [7, 11) is 1.31. The smallest absolute Gasteiger partial charge is 0.371 e. The van der Waals surface area contributed by atoms with E-state index >= 15 is 0 Å². The first-order chi connectivity index (χ1) is 12.4. The average Bonchev–Trinajstić information content (AvgIpc) is 2.57. The molecule has 1 saturated heterocycles. The molecule has 11 heteroatoms. The van der Waals surface area contributed by atoms with Crippen molar-refractivity contribution in [1.29, 1.82) is 0 Å². The van der Waals surface area contributed by atoms with Crippen molar-refractivity contribution in [2.24, 2.45) is 5.92 Å². The van der Waals surface area contributed by atoms with Crippen molar-refractivity contribution in [3.8, 4) is 0 Å². The van der Waals surface area contributed by atoms with Crippen LogP contribution in [0.1, 0.15) is 19.3 Å². The van der Waals surface area contributed by atoms with E-state index in [2.05, 4.69) is 0 Å². The molecular formula is C16H19F6N3O2. The molecule has 1 aromatic carbocycles. The highest BCUT2D eigenvalue weighted by Gasteiger charge is 2.41. The van der Waals surface area contributed by atoms with Crippen LogP contribution in [0.15, 0.2) is 18.2 Å². The van der Waals surface area contributed by atoms with Gasteiger partial charge in [0.25, 0.3) is 5.69 Å². The van der Waals surface area contributed by atoms with E-state index in [1.807, 2.05) is 0 Å². The minimum Gasteiger partial charge on any atom is -0.371 e. The Balaban J connectivity index is 2.19. The van der Waals surface area contributed by atoms with Gasteiger partial charge in [0.1, 0.15) is 5.69 Å². The standard InChI is InChI=1S/C16H19F6N3O2/c1-23(9-6-15(17,18)19)14-10-12(2-3-13(14)25(26)27)24-7-4-11(5-8-24)16(20,21)22/h2-3,10-11H,4-9H2,1H3. The third-order valence-electron chi connectivity index (χ3n) is 4.62. The number of hydrogen-bond donors (Lipinski definition) is 0. The lowest BCUT2D eigenvalue weighted by Crippen LogP contribution is -2.39. The summed E-state index contributed by atoms with van der Waals surface area (Å²) < 4.78 is 75.6. The second-order valence-corrected chi connectivity index (χ2v) is 6.52. The molecule has 0 unspecified atom stereocenters. The summed E-state index contributed by atoms with van der Waals surface area (Å²) in [5.41, 5.74) is 0.100. The minimum absolute atomic E-state index is 0.000283. The molecule has 2 rings (SSSR count). The molecule has 0 atom stereocenters. The third kappa shape index (κ3) is 5.64. The number of halogens is 6. The number of nitrogens with zero attached hydrogens (tertiary/aromatic N) is 3. The summed E-state index contributed by atoms with van der Waals surface area (Å²) in [6.07, 6.45) is -9.99. The van der Waals surface area contributed by atoms with Gasteiger partial charge >= 0.3 is 12.4 Å². The highest BCUT2D eigenvalue weighted by Crippen LogP contribution is 2.38. The molecule has 0 aromatic heterocycles. The first-order valence-corrected chi connectivity index (χ1v) is 8.26. The zero-order valence-corrected chi connectivity index (χ0v) is 14.5. The molecule has 152 valence electrons. The molecule has 0 aliphatic carbocycles. The molecule has 1 aliphatic rings. The lowest BCUT2D eigenvalue weighted by molar-refractivity contribution is -0.384. The molecule has 5 nitrogen and oxygen atoms in total. The number of nitro benzene ring substituents is 1. The van der Waals surface area contributed by atoms with Gasteiger partial charge in [0, 0.05) is 38.4 Å². The van der Waals surface area contributed by atoms with Gasteiger partial charge in [-0.15, -0.1) is 0 Å². The van der Waals surface area contributed by atoms with Crippen molar-refractivity contribution in [1.82, 2.24) is 0 Å². The fourth-order valence-electron chi connectivity index (χ4n) is 3.05. The number of alkyl halides is 6. The van der Waals surface area contributed by atoms with Gasteiger partial charge in [0.15, 0.2) is 0 Å². The highest BCUT2D eigenvalue weighted by atomic mass is 19.4. The summed E-state index contributed by atoms with van der Waals surface area (Å²) in [4.78, 5) is 13.3. The van der Waals surface area contributed by atoms with Gasteiger partial charge in [-0.3, -0.25) is 10.1 Å². The number of nitro groups is 1. The van der Waals surface area contributed by atoms with Crippen LogP contribution < -0.4 is 9.80 Å². The first kappa shape index (κ1) is 21.1. The second-order valence-electron chi connectivity index (χ2n) is 6.52. The van der Waals surface area contributed by atoms with E-state index in [-0.39, 0.29) is 37.3 Å². The Morgan fingerprint density at radius 3 is 2.26 bits per heavy atom. The maximum atomic E-state index is 12.8. The maximum absolute atomic E-state index is 12.8. The van der Waals surface area contributed by atoms with Crippen molar-refractivity contribution in [2.75, 3.05) is 36.5 Å². The Morgan fingerprint density at radius 1 is 1.19 bits per heavy atom. The molecule has 0 amide bonds. The van der Waals surface area contributed by atoms with Crippen molar-refractivity contribution in [3.05, 3.63) is 28.3 Å². The Morgan fingerprint density at radius 2 is 1.78 bits per heavy atom. The number of piperidine rings is 1. The Labute approximate surface area is 151 Å². The van der Waals surface area contributed by atoms with Crippen LogP contribution in [0.3, 0.4) is 0 Å². The van der Waals surface area contributed by atoms with Crippen molar-refractivity contribution in [3.63, 3.8) is 0 Å². The monoisotopic (exact) mass is 399 g/mol. The van der Waals surface area contributed by atoms with E-state index in [1.54, 1.807) is 4.90 Å². The molecule has 0 radical (unpaired) electrons. The van der Waals surface area contributed by atoms with Gasteiger partial charge in [-0.05, 0) is 25.0 Å². The Kier molecular flexibility index (Phi) is 6.10. The van der Waals surface area contributed by atoms with Crippen LogP contribution in [-0.2, 0) is 0 Å². The minimum atomic E-state index is -4.40. The lowest BCUT2D eigenvalue weighted by atomic mass is 9.96. The number of hydrogen-bond acceptors (Lipinski definition) is 4. The van der Waals surface area contributed by atoms with Crippen LogP contribution in [0.5, 0.6) is 0 Å². The van der Waals surface area contributed by atoms with Crippen LogP contribution >= 0.6 is 0 Å².